The summed E-state index contributed by atoms with van der Waals surface area (Å²) in [6.45, 7) is 2.48. The van der Waals surface area contributed by atoms with Crippen molar-refractivity contribution >= 4 is 10.0 Å². The predicted octanol–water partition coefficient (Wildman–Crippen LogP) is -0.438. The van der Waals surface area contributed by atoms with E-state index in [1.54, 1.807) is 18.4 Å². The molecular formula is C10H23N3O2S. The van der Waals surface area contributed by atoms with Gasteiger partial charge >= 0.3 is 0 Å². The second-order valence-corrected chi connectivity index (χ2v) is 6.62. The lowest BCUT2D eigenvalue weighted by Crippen LogP contribution is -2.45. The van der Waals surface area contributed by atoms with Crippen LogP contribution in [0.4, 0.5) is 0 Å². The Morgan fingerprint density at radius 1 is 1.38 bits per heavy atom. The molecular weight excluding hydrogens is 226 g/mol. The summed E-state index contributed by atoms with van der Waals surface area (Å²) in [6, 6.07) is 0.179. The van der Waals surface area contributed by atoms with Crippen molar-refractivity contribution in [1.29, 1.82) is 0 Å². The second kappa shape index (κ2) is 5.95. The molecule has 0 aromatic carbocycles. The number of likely N-dealkylation sites (tertiary alicyclic amines) is 1. The molecule has 1 fully saturated rings. The molecule has 0 aromatic heterocycles. The van der Waals surface area contributed by atoms with Crippen LogP contribution < -0.4 is 5.32 Å². The van der Waals surface area contributed by atoms with E-state index >= 15 is 0 Å². The minimum atomic E-state index is -3.09. The number of nitrogens with zero attached hydrogens (tertiary/aromatic N) is 2. The molecule has 1 heterocycles. The van der Waals surface area contributed by atoms with Gasteiger partial charge in [0.15, 0.2) is 0 Å². The van der Waals surface area contributed by atoms with Crippen LogP contribution in [0.15, 0.2) is 0 Å². The summed E-state index contributed by atoms with van der Waals surface area (Å²) < 4.78 is 25.5. The maximum atomic E-state index is 11.9. The highest BCUT2D eigenvalue weighted by Gasteiger charge is 2.28. The van der Waals surface area contributed by atoms with Crippen molar-refractivity contribution in [2.75, 3.05) is 46.5 Å². The summed E-state index contributed by atoms with van der Waals surface area (Å²) in [5.74, 6) is 0.187. The van der Waals surface area contributed by atoms with Crippen LogP contribution in [0.5, 0.6) is 0 Å². The van der Waals surface area contributed by atoms with Crippen molar-refractivity contribution in [3.63, 3.8) is 0 Å². The molecule has 0 aromatic rings. The molecule has 0 atom stereocenters. The van der Waals surface area contributed by atoms with Crippen LogP contribution in [0.1, 0.15) is 12.8 Å². The molecule has 6 heteroatoms. The normalized spacial score (nSPS) is 20.5. The Kier molecular flexibility index (Phi) is 5.17. The third kappa shape index (κ3) is 3.69. The highest BCUT2D eigenvalue weighted by Crippen LogP contribution is 2.17. The van der Waals surface area contributed by atoms with Gasteiger partial charge in [-0.3, -0.25) is 0 Å². The zero-order valence-electron chi connectivity index (χ0n) is 10.4. The molecule has 1 saturated heterocycles. The average molecular weight is 249 g/mol. The average Bonchev–Trinajstić information content (AvgIpc) is 2.26. The molecule has 16 heavy (non-hydrogen) atoms. The van der Waals surface area contributed by atoms with E-state index < -0.39 is 10.0 Å². The Morgan fingerprint density at radius 3 is 2.44 bits per heavy atom. The van der Waals surface area contributed by atoms with E-state index in [-0.39, 0.29) is 11.8 Å². The summed E-state index contributed by atoms with van der Waals surface area (Å²) in [5, 5.41) is 2.87. The topological polar surface area (TPSA) is 52.7 Å². The van der Waals surface area contributed by atoms with Crippen LogP contribution in [0.25, 0.3) is 0 Å². The van der Waals surface area contributed by atoms with E-state index in [0.717, 1.165) is 25.9 Å². The molecule has 0 aliphatic carbocycles. The Morgan fingerprint density at radius 2 is 1.94 bits per heavy atom. The Labute approximate surface area is 98.8 Å². The lowest BCUT2D eigenvalue weighted by molar-refractivity contribution is 0.197. The van der Waals surface area contributed by atoms with Gasteiger partial charge in [-0.15, -0.1) is 0 Å². The van der Waals surface area contributed by atoms with Gasteiger partial charge in [0.2, 0.25) is 10.0 Å². The fourth-order valence-electron chi connectivity index (χ4n) is 1.96. The molecule has 0 saturated carbocycles. The standard InChI is InChI=1S/C10H23N3O2S/c1-11-6-9-16(14,15)13(3)10-4-7-12(2)8-5-10/h10-11H,4-9H2,1-3H3. The molecule has 0 amide bonds. The summed E-state index contributed by atoms with van der Waals surface area (Å²) >= 11 is 0. The maximum Gasteiger partial charge on any atom is 0.215 e. The van der Waals surface area contributed by atoms with Crippen LogP contribution in [0.3, 0.4) is 0 Å². The van der Waals surface area contributed by atoms with Gasteiger partial charge in [0.1, 0.15) is 0 Å². The van der Waals surface area contributed by atoms with E-state index in [4.69, 9.17) is 0 Å². The van der Waals surface area contributed by atoms with Gasteiger partial charge in [0, 0.05) is 19.6 Å². The zero-order valence-corrected chi connectivity index (χ0v) is 11.3. The van der Waals surface area contributed by atoms with E-state index in [0.29, 0.717) is 6.54 Å². The number of piperidine rings is 1. The first-order valence-electron chi connectivity index (χ1n) is 5.76. The smallest absolute Gasteiger partial charge is 0.215 e. The Balaban J connectivity index is 2.52. The quantitative estimate of drug-likeness (QED) is 0.718. The first-order valence-corrected chi connectivity index (χ1v) is 7.37. The fourth-order valence-corrected chi connectivity index (χ4v) is 3.38. The van der Waals surface area contributed by atoms with Gasteiger partial charge in [0.05, 0.1) is 5.75 Å². The SMILES string of the molecule is CNCCS(=O)(=O)N(C)C1CCN(C)CC1. The number of nitrogens with one attached hydrogen (secondary N) is 1. The molecule has 1 aliphatic rings. The van der Waals surface area contributed by atoms with Gasteiger partial charge in [-0.1, -0.05) is 0 Å². The van der Waals surface area contributed by atoms with Crippen molar-refractivity contribution in [2.45, 2.75) is 18.9 Å². The van der Waals surface area contributed by atoms with Gasteiger partial charge < -0.3 is 10.2 Å². The lowest BCUT2D eigenvalue weighted by Gasteiger charge is -2.34. The number of rotatable bonds is 5. The second-order valence-electron chi connectivity index (χ2n) is 4.47. The van der Waals surface area contributed by atoms with Crippen LogP contribution in [-0.4, -0.2) is 70.2 Å². The highest BCUT2D eigenvalue weighted by atomic mass is 32.2. The minimum Gasteiger partial charge on any atom is -0.319 e. The maximum absolute atomic E-state index is 11.9. The molecule has 0 spiro atoms. The first-order chi connectivity index (χ1) is 7.47. The molecule has 5 nitrogen and oxygen atoms in total. The van der Waals surface area contributed by atoms with Crippen molar-refractivity contribution in [3.05, 3.63) is 0 Å². The molecule has 0 unspecified atom stereocenters. The molecule has 96 valence electrons. The van der Waals surface area contributed by atoms with E-state index in [1.165, 1.54) is 0 Å². The Hall–Kier alpha value is -0.170. The summed E-state index contributed by atoms with van der Waals surface area (Å²) in [4.78, 5) is 2.24. The van der Waals surface area contributed by atoms with Gasteiger partial charge in [-0.05, 0) is 40.0 Å². The lowest BCUT2D eigenvalue weighted by atomic mass is 10.1. The first kappa shape index (κ1) is 13.9. The van der Waals surface area contributed by atoms with E-state index in [1.807, 2.05) is 0 Å². The summed E-state index contributed by atoms with van der Waals surface area (Å²) in [7, 11) is 2.47. The zero-order chi connectivity index (χ0) is 12.2. The number of hydrogen-bond donors (Lipinski definition) is 1. The predicted molar refractivity (Wildman–Crippen MR) is 66.0 cm³/mol. The van der Waals surface area contributed by atoms with Crippen LogP contribution >= 0.6 is 0 Å². The van der Waals surface area contributed by atoms with Crippen molar-refractivity contribution in [1.82, 2.24) is 14.5 Å². The third-order valence-electron chi connectivity index (χ3n) is 3.25. The molecule has 0 radical (unpaired) electrons. The van der Waals surface area contributed by atoms with Gasteiger partial charge in [-0.2, -0.15) is 0 Å². The fraction of sp³-hybridized carbons (Fsp3) is 1.00. The van der Waals surface area contributed by atoms with E-state index in [2.05, 4.69) is 17.3 Å². The Bertz CT molecular complexity index is 297. The highest BCUT2D eigenvalue weighted by molar-refractivity contribution is 7.89. The summed E-state index contributed by atoms with van der Waals surface area (Å²) in [5.41, 5.74) is 0. The van der Waals surface area contributed by atoms with Crippen molar-refractivity contribution in [2.24, 2.45) is 0 Å². The molecule has 1 aliphatic heterocycles. The van der Waals surface area contributed by atoms with Crippen molar-refractivity contribution in [3.8, 4) is 0 Å². The molecule has 1 N–H and O–H groups in total. The number of hydrogen-bond acceptors (Lipinski definition) is 4. The molecule has 0 bridgehead atoms. The third-order valence-corrected chi connectivity index (χ3v) is 5.15. The molecule has 1 rings (SSSR count). The van der Waals surface area contributed by atoms with Crippen LogP contribution in [-0.2, 0) is 10.0 Å². The van der Waals surface area contributed by atoms with Crippen LogP contribution in [0.2, 0.25) is 0 Å². The minimum absolute atomic E-state index is 0.179. The monoisotopic (exact) mass is 249 g/mol. The van der Waals surface area contributed by atoms with Gasteiger partial charge in [-0.25, -0.2) is 12.7 Å². The van der Waals surface area contributed by atoms with Crippen molar-refractivity contribution < 1.29 is 8.42 Å². The number of sulfonamides is 1. The van der Waals surface area contributed by atoms with E-state index in [9.17, 15) is 8.42 Å². The summed E-state index contributed by atoms with van der Waals surface area (Å²) in [6.07, 6.45) is 1.87. The van der Waals surface area contributed by atoms with Gasteiger partial charge in [0.25, 0.3) is 0 Å². The van der Waals surface area contributed by atoms with Crippen LogP contribution in [0, 0.1) is 0 Å². The largest absolute Gasteiger partial charge is 0.319 e.